The molecule has 2 heterocycles. The van der Waals surface area contributed by atoms with Gasteiger partial charge in [0.05, 0.1) is 15.1 Å². The number of benzene rings is 1. The molecular weight excluding hydrogens is 362 g/mol. The molecular formula is C16H21N3O4S2. The number of anilines is 1. The zero-order chi connectivity index (χ0) is 18.0. The molecule has 0 spiro atoms. The first-order valence-electron chi connectivity index (χ1n) is 8.29. The van der Waals surface area contributed by atoms with Gasteiger partial charge >= 0.3 is 0 Å². The van der Waals surface area contributed by atoms with E-state index in [0.29, 0.717) is 36.8 Å². The summed E-state index contributed by atoms with van der Waals surface area (Å²) in [7, 11) is -3.51. The van der Waals surface area contributed by atoms with Crippen molar-refractivity contribution in [3.63, 3.8) is 0 Å². The fourth-order valence-corrected chi connectivity index (χ4v) is 5.27. The lowest BCUT2D eigenvalue weighted by atomic mass is 10.2. The lowest BCUT2D eigenvalue weighted by Crippen LogP contribution is -2.30. The normalized spacial score (nSPS) is 18.1. The van der Waals surface area contributed by atoms with Gasteiger partial charge in [0.2, 0.25) is 10.0 Å². The van der Waals surface area contributed by atoms with Gasteiger partial charge in [-0.1, -0.05) is 25.2 Å². The Morgan fingerprint density at radius 1 is 1.40 bits per heavy atom. The summed E-state index contributed by atoms with van der Waals surface area (Å²) in [6.07, 6.45) is 1.17. The van der Waals surface area contributed by atoms with E-state index >= 15 is 0 Å². The van der Waals surface area contributed by atoms with Crippen LogP contribution in [0.4, 0.5) is 5.13 Å². The number of aromatic nitrogens is 1. The van der Waals surface area contributed by atoms with Crippen LogP contribution in [-0.2, 0) is 19.6 Å². The zero-order valence-electron chi connectivity index (χ0n) is 14.2. The molecule has 136 valence electrons. The summed E-state index contributed by atoms with van der Waals surface area (Å²) >= 11 is 1.26. The lowest BCUT2D eigenvalue weighted by molar-refractivity contribution is -0.124. The Kier molecular flexibility index (Phi) is 5.38. The minimum Gasteiger partial charge on any atom is -0.368 e. The van der Waals surface area contributed by atoms with Crippen molar-refractivity contribution in [3.8, 4) is 0 Å². The van der Waals surface area contributed by atoms with Crippen LogP contribution in [0.25, 0.3) is 10.2 Å². The summed E-state index contributed by atoms with van der Waals surface area (Å²) < 4.78 is 32.7. The van der Waals surface area contributed by atoms with Crippen molar-refractivity contribution in [2.45, 2.75) is 37.7 Å². The summed E-state index contributed by atoms with van der Waals surface area (Å²) in [5, 5.41) is 3.21. The topological polar surface area (TPSA) is 88.6 Å². The van der Waals surface area contributed by atoms with E-state index in [4.69, 9.17) is 4.74 Å². The zero-order valence-corrected chi connectivity index (χ0v) is 15.8. The number of nitrogens with one attached hydrogen (secondary N) is 1. The summed E-state index contributed by atoms with van der Waals surface area (Å²) in [5.41, 5.74) is 0.658. The summed E-state index contributed by atoms with van der Waals surface area (Å²) in [6, 6.07) is 4.84. The first kappa shape index (κ1) is 18.2. The molecule has 0 saturated carbocycles. The van der Waals surface area contributed by atoms with Crippen LogP contribution in [-0.4, -0.2) is 49.4 Å². The number of nitrogens with zero attached hydrogens (tertiary/aromatic N) is 2. The maximum atomic E-state index is 12.6. The molecule has 1 amide bonds. The van der Waals surface area contributed by atoms with Crippen LogP contribution in [0.1, 0.15) is 26.7 Å². The molecule has 1 saturated heterocycles. The van der Waals surface area contributed by atoms with Gasteiger partial charge < -0.3 is 4.74 Å². The SMILES string of the molecule is CCN(CC)S(=O)(=O)c1ccc2nc(NC(=O)[C@H]3CCCO3)sc2c1. The lowest BCUT2D eigenvalue weighted by Gasteiger charge is -2.18. The van der Waals surface area contributed by atoms with Crippen molar-refractivity contribution >= 4 is 42.6 Å². The molecule has 1 aliphatic heterocycles. The first-order chi connectivity index (χ1) is 12.0. The number of hydrogen-bond acceptors (Lipinski definition) is 6. The largest absolute Gasteiger partial charge is 0.368 e. The molecule has 1 aliphatic rings. The number of rotatable bonds is 6. The van der Waals surface area contributed by atoms with Gasteiger partial charge in [-0.05, 0) is 31.0 Å². The number of sulfonamides is 1. The molecule has 3 rings (SSSR count). The monoisotopic (exact) mass is 383 g/mol. The van der Waals surface area contributed by atoms with E-state index in [0.717, 1.165) is 11.1 Å². The van der Waals surface area contributed by atoms with E-state index in [2.05, 4.69) is 10.3 Å². The number of hydrogen-bond donors (Lipinski definition) is 1. The molecule has 1 atom stereocenters. The van der Waals surface area contributed by atoms with E-state index < -0.39 is 16.1 Å². The fourth-order valence-electron chi connectivity index (χ4n) is 2.80. The van der Waals surface area contributed by atoms with Gasteiger partial charge in [-0.25, -0.2) is 13.4 Å². The van der Waals surface area contributed by atoms with Crippen molar-refractivity contribution < 1.29 is 17.9 Å². The predicted octanol–water partition coefficient (Wildman–Crippen LogP) is 2.44. The molecule has 0 aliphatic carbocycles. The number of fused-ring (bicyclic) bond motifs is 1. The van der Waals surface area contributed by atoms with Crippen LogP contribution in [0.5, 0.6) is 0 Å². The average molecular weight is 383 g/mol. The molecule has 1 aromatic carbocycles. The van der Waals surface area contributed by atoms with Gasteiger partial charge in [-0.2, -0.15) is 4.31 Å². The Hall–Kier alpha value is -1.55. The number of ether oxygens (including phenoxy) is 1. The third-order valence-corrected chi connectivity index (χ3v) is 7.13. The fraction of sp³-hybridized carbons (Fsp3) is 0.500. The van der Waals surface area contributed by atoms with E-state index in [9.17, 15) is 13.2 Å². The van der Waals surface area contributed by atoms with Crippen LogP contribution in [0.3, 0.4) is 0 Å². The Morgan fingerprint density at radius 2 is 2.16 bits per heavy atom. The van der Waals surface area contributed by atoms with Crippen molar-refractivity contribution in [2.75, 3.05) is 25.0 Å². The van der Waals surface area contributed by atoms with E-state index in [-0.39, 0.29) is 10.8 Å². The summed E-state index contributed by atoms with van der Waals surface area (Å²) in [4.78, 5) is 16.7. The maximum absolute atomic E-state index is 12.6. The van der Waals surface area contributed by atoms with Gasteiger partial charge in [0.25, 0.3) is 5.91 Å². The Balaban J connectivity index is 1.85. The maximum Gasteiger partial charge on any atom is 0.255 e. The van der Waals surface area contributed by atoms with E-state index in [1.54, 1.807) is 18.2 Å². The third-order valence-electron chi connectivity index (χ3n) is 4.16. The molecule has 0 radical (unpaired) electrons. The van der Waals surface area contributed by atoms with Crippen molar-refractivity contribution in [1.82, 2.24) is 9.29 Å². The van der Waals surface area contributed by atoms with Crippen molar-refractivity contribution in [3.05, 3.63) is 18.2 Å². The number of amides is 1. The van der Waals surface area contributed by atoms with Crippen molar-refractivity contribution in [1.29, 1.82) is 0 Å². The van der Waals surface area contributed by atoms with Crippen LogP contribution >= 0.6 is 11.3 Å². The minimum absolute atomic E-state index is 0.201. The molecule has 0 bridgehead atoms. The smallest absolute Gasteiger partial charge is 0.255 e. The number of carbonyl (C=O) groups excluding carboxylic acids is 1. The third kappa shape index (κ3) is 3.69. The standard InChI is InChI=1S/C16H21N3O4S2/c1-3-19(4-2)25(21,22)11-7-8-12-14(10-11)24-16(17-12)18-15(20)13-6-5-9-23-13/h7-8,10,13H,3-6,9H2,1-2H3,(H,17,18,20)/t13-/m1/s1. The van der Waals surface area contributed by atoms with Gasteiger partial charge in [-0.15, -0.1) is 0 Å². The Labute approximate surface area is 151 Å². The highest BCUT2D eigenvalue weighted by Crippen LogP contribution is 2.29. The average Bonchev–Trinajstić information content (AvgIpc) is 3.24. The van der Waals surface area contributed by atoms with Crippen molar-refractivity contribution in [2.24, 2.45) is 0 Å². The van der Waals surface area contributed by atoms with Crippen LogP contribution in [0.2, 0.25) is 0 Å². The summed E-state index contributed by atoms with van der Waals surface area (Å²) in [6.45, 7) is 5.06. The molecule has 25 heavy (non-hydrogen) atoms. The van der Waals surface area contributed by atoms with Crippen LogP contribution in [0.15, 0.2) is 23.1 Å². The Bertz CT molecular complexity index is 869. The van der Waals surface area contributed by atoms with E-state index in [1.165, 1.54) is 15.6 Å². The highest BCUT2D eigenvalue weighted by Gasteiger charge is 2.25. The molecule has 0 unspecified atom stereocenters. The molecule has 1 N–H and O–H groups in total. The highest BCUT2D eigenvalue weighted by molar-refractivity contribution is 7.89. The van der Waals surface area contributed by atoms with Crippen LogP contribution < -0.4 is 5.32 Å². The molecule has 1 fully saturated rings. The molecule has 2 aromatic rings. The molecule has 9 heteroatoms. The van der Waals surface area contributed by atoms with Gasteiger partial charge in [0, 0.05) is 19.7 Å². The second-order valence-corrected chi connectivity index (χ2v) is 8.70. The number of carbonyl (C=O) groups is 1. The van der Waals surface area contributed by atoms with Gasteiger partial charge in [0.15, 0.2) is 5.13 Å². The predicted molar refractivity (Wildman–Crippen MR) is 97.3 cm³/mol. The molecule has 7 nitrogen and oxygen atoms in total. The quantitative estimate of drug-likeness (QED) is 0.828. The Morgan fingerprint density at radius 3 is 2.80 bits per heavy atom. The molecule has 1 aromatic heterocycles. The minimum atomic E-state index is -3.51. The van der Waals surface area contributed by atoms with Gasteiger partial charge in [0.1, 0.15) is 6.10 Å². The van der Waals surface area contributed by atoms with Gasteiger partial charge in [-0.3, -0.25) is 10.1 Å². The van der Waals surface area contributed by atoms with Crippen LogP contribution in [0, 0.1) is 0 Å². The second-order valence-electron chi connectivity index (χ2n) is 5.73. The second kappa shape index (κ2) is 7.36. The number of thiazole rings is 1. The van der Waals surface area contributed by atoms with E-state index in [1.807, 2.05) is 13.8 Å². The first-order valence-corrected chi connectivity index (χ1v) is 10.5. The highest BCUT2D eigenvalue weighted by atomic mass is 32.2. The summed E-state index contributed by atoms with van der Waals surface area (Å²) in [5.74, 6) is -0.201.